The van der Waals surface area contributed by atoms with Crippen molar-refractivity contribution in [3.8, 4) is 11.8 Å². The van der Waals surface area contributed by atoms with E-state index in [0.29, 0.717) is 0 Å². The van der Waals surface area contributed by atoms with Crippen LogP contribution in [0.3, 0.4) is 0 Å². The highest BCUT2D eigenvalue weighted by Gasteiger charge is 2.08. The molecule has 1 aromatic carbocycles. The predicted octanol–water partition coefficient (Wildman–Crippen LogP) is -0.259. The van der Waals surface area contributed by atoms with Crippen molar-refractivity contribution in [2.75, 3.05) is 13.1 Å². The van der Waals surface area contributed by atoms with Crippen molar-refractivity contribution in [3.63, 3.8) is 0 Å². The van der Waals surface area contributed by atoms with Crippen LogP contribution in [0, 0.1) is 17.7 Å². The first-order valence-corrected chi connectivity index (χ1v) is 5.59. The van der Waals surface area contributed by atoms with Crippen LogP contribution in [0.1, 0.15) is 22.3 Å². The monoisotopic (exact) mass is 263 g/mol. The molecule has 0 aromatic heterocycles. The number of primary amides is 1. The average Bonchev–Trinajstić information content (AvgIpc) is 2.36. The quantitative estimate of drug-likeness (QED) is 0.653. The van der Waals surface area contributed by atoms with E-state index >= 15 is 0 Å². The Morgan fingerprint density at radius 3 is 2.68 bits per heavy atom. The van der Waals surface area contributed by atoms with Crippen molar-refractivity contribution >= 4 is 11.8 Å². The van der Waals surface area contributed by atoms with Crippen molar-refractivity contribution in [2.45, 2.75) is 6.42 Å². The van der Waals surface area contributed by atoms with Gasteiger partial charge < -0.3 is 16.8 Å². The molecule has 1 aromatic rings. The molecule has 5 N–H and O–H groups in total. The van der Waals surface area contributed by atoms with Crippen LogP contribution in [-0.2, 0) is 4.79 Å². The third kappa shape index (κ3) is 4.77. The Morgan fingerprint density at radius 2 is 2.11 bits per heavy atom. The molecule has 0 atom stereocenters. The number of hydrogen-bond donors (Lipinski definition) is 3. The number of halogens is 1. The van der Waals surface area contributed by atoms with Gasteiger partial charge in [0.05, 0.1) is 12.1 Å². The topological polar surface area (TPSA) is 98.2 Å². The molecule has 1 rings (SSSR count). The van der Waals surface area contributed by atoms with Gasteiger partial charge in [0.1, 0.15) is 5.82 Å². The van der Waals surface area contributed by atoms with Crippen LogP contribution in [-0.4, -0.2) is 24.9 Å². The van der Waals surface area contributed by atoms with E-state index in [1.54, 1.807) is 0 Å². The van der Waals surface area contributed by atoms with Crippen LogP contribution >= 0.6 is 0 Å². The number of nitrogens with one attached hydrogen (secondary N) is 1. The first kappa shape index (κ1) is 14.7. The fourth-order valence-corrected chi connectivity index (χ4v) is 1.31. The molecule has 0 fully saturated rings. The molecule has 0 saturated carbocycles. The normalized spacial score (nSPS) is 9.37. The van der Waals surface area contributed by atoms with Crippen LogP contribution < -0.4 is 16.8 Å². The second-order valence-corrected chi connectivity index (χ2v) is 3.67. The summed E-state index contributed by atoms with van der Waals surface area (Å²) < 4.78 is 13.6. The second-order valence-electron chi connectivity index (χ2n) is 3.67. The minimum Gasteiger partial charge on any atom is -0.370 e. The molecule has 0 unspecified atom stereocenters. The van der Waals surface area contributed by atoms with Crippen LogP contribution in [0.2, 0.25) is 0 Å². The highest BCUT2D eigenvalue weighted by atomic mass is 19.1. The lowest BCUT2D eigenvalue weighted by molar-refractivity contribution is -0.117. The highest BCUT2D eigenvalue weighted by Crippen LogP contribution is 2.09. The molecule has 0 saturated heterocycles. The highest BCUT2D eigenvalue weighted by molar-refractivity contribution is 5.94. The SMILES string of the molecule is NCC#Cc1ccc(C(=O)NCCC(N)=O)cc1F. The minimum atomic E-state index is -0.594. The molecule has 5 nitrogen and oxygen atoms in total. The Hall–Kier alpha value is -2.39. The largest absolute Gasteiger partial charge is 0.370 e. The molecule has 0 aliphatic carbocycles. The Bertz CT molecular complexity index is 547. The molecule has 0 radical (unpaired) electrons. The van der Waals surface area contributed by atoms with E-state index in [9.17, 15) is 14.0 Å². The lowest BCUT2D eigenvalue weighted by Gasteiger charge is -2.04. The zero-order chi connectivity index (χ0) is 14.3. The van der Waals surface area contributed by atoms with Crippen molar-refractivity contribution in [2.24, 2.45) is 11.5 Å². The smallest absolute Gasteiger partial charge is 0.251 e. The third-order valence-electron chi connectivity index (χ3n) is 2.21. The molecule has 0 bridgehead atoms. The van der Waals surface area contributed by atoms with Crippen LogP contribution in [0.4, 0.5) is 4.39 Å². The molecule has 2 amide bonds. The van der Waals surface area contributed by atoms with E-state index in [4.69, 9.17) is 11.5 Å². The first-order chi connectivity index (χ1) is 9.04. The lowest BCUT2D eigenvalue weighted by atomic mass is 10.1. The molecule has 6 heteroatoms. The predicted molar refractivity (Wildman–Crippen MR) is 68.5 cm³/mol. The summed E-state index contributed by atoms with van der Waals surface area (Å²) >= 11 is 0. The number of carbonyl (C=O) groups excluding carboxylic acids is 2. The van der Waals surface area contributed by atoms with Gasteiger partial charge in [-0.25, -0.2) is 4.39 Å². The number of rotatable bonds is 4. The summed E-state index contributed by atoms with van der Waals surface area (Å²) in [5.74, 6) is 3.50. The third-order valence-corrected chi connectivity index (χ3v) is 2.21. The Labute approximate surface area is 110 Å². The number of amides is 2. The number of benzene rings is 1. The zero-order valence-corrected chi connectivity index (χ0v) is 10.2. The average molecular weight is 263 g/mol. The lowest BCUT2D eigenvalue weighted by Crippen LogP contribution is -2.27. The van der Waals surface area contributed by atoms with Gasteiger partial charge in [-0.15, -0.1) is 0 Å². The molecule has 100 valence electrons. The van der Waals surface area contributed by atoms with Crippen molar-refractivity contribution < 1.29 is 14.0 Å². The van der Waals surface area contributed by atoms with E-state index in [1.807, 2.05) is 0 Å². The second kappa shape index (κ2) is 7.13. The van der Waals surface area contributed by atoms with Gasteiger partial charge in [-0.1, -0.05) is 11.8 Å². The molecule has 0 aliphatic rings. The fourth-order valence-electron chi connectivity index (χ4n) is 1.31. The van der Waals surface area contributed by atoms with Crippen molar-refractivity contribution in [1.82, 2.24) is 5.32 Å². The maximum absolute atomic E-state index is 13.6. The summed E-state index contributed by atoms with van der Waals surface area (Å²) in [6.45, 7) is 0.249. The molecular formula is C13H14FN3O2. The van der Waals surface area contributed by atoms with Gasteiger partial charge in [-0.2, -0.15) is 0 Å². The number of hydrogen-bond acceptors (Lipinski definition) is 3. The summed E-state index contributed by atoms with van der Waals surface area (Å²) in [5.41, 5.74) is 10.5. The Kier molecular flexibility index (Phi) is 5.51. The van der Waals surface area contributed by atoms with Gasteiger partial charge in [0, 0.05) is 18.5 Å². The van der Waals surface area contributed by atoms with Crippen LogP contribution in [0.5, 0.6) is 0 Å². The van der Waals surface area contributed by atoms with Gasteiger partial charge in [0.2, 0.25) is 5.91 Å². The van der Waals surface area contributed by atoms with E-state index in [0.717, 1.165) is 6.07 Å². The van der Waals surface area contributed by atoms with E-state index in [2.05, 4.69) is 17.2 Å². The molecule has 0 spiro atoms. The summed E-state index contributed by atoms with van der Waals surface area (Å²) in [6.07, 6.45) is 0.0360. The molecular weight excluding hydrogens is 249 g/mol. The van der Waals surface area contributed by atoms with Gasteiger partial charge >= 0.3 is 0 Å². The molecule has 0 heterocycles. The van der Waals surface area contributed by atoms with Gasteiger partial charge in [0.25, 0.3) is 5.91 Å². The number of nitrogens with two attached hydrogens (primary N) is 2. The van der Waals surface area contributed by atoms with Crippen LogP contribution in [0.15, 0.2) is 18.2 Å². The fraction of sp³-hybridized carbons (Fsp3) is 0.231. The van der Waals surface area contributed by atoms with E-state index in [1.165, 1.54) is 12.1 Å². The van der Waals surface area contributed by atoms with Gasteiger partial charge in [0.15, 0.2) is 0 Å². The maximum atomic E-state index is 13.6. The summed E-state index contributed by atoms with van der Waals surface area (Å²) in [7, 11) is 0. The van der Waals surface area contributed by atoms with Gasteiger partial charge in [-0.3, -0.25) is 9.59 Å². The summed E-state index contributed by atoms with van der Waals surface area (Å²) in [4.78, 5) is 22.1. The van der Waals surface area contributed by atoms with Crippen molar-refractivity contribution in [1.29, 1.82) is 0 Å². The summed E-state index contributed by atoms with van der Waals surface area (Å²) in [5, 5.41) is 2.46. The maximum Gasteiger partial charge on any atom is 0.251 e. The first-order valence-electron chi connectivity index (χ1n) is 5.59. The minimum absolute atomic E-state index is 0.0360. The standard InChI is InChI=1S/C13H14FN3O2/c14-11-8-10(4-3-9(11)2-1-6-15)13(19)17-7-5-12(16)18/h3-4,8H,5-7,15H2,(H2,16,18)(H,17,19). The Balaban J connectivity index is 2.72. The van der Waals surface area contributed by atoms with E-state index < -0.39 is 17.6 Å². The molecule has 0 aliphatic heterocycles. The zero-order valence-electron chi connectivity index (χ0n) is 10.2. The van der Waals surface area contributed by atoms with Gasteiger partial charge in [-0.05, 0) is 18.2 Å². The summed E-state index contributed by atoms with van der Waals surface area (Å²) in [6, 6.07) is 3.93. The Morgan fingerprint density at radius 1 is 1.37 bits per heavy atom. The van der Waals surface area contributed by atoms with E-state index in [-0.39, 0.29) is 30.6 Å². The number of carbonyl (C=O) groups is 2. The molecule has 19 heavy (non-hydrogen) atoms. The van der Waals surface area contributed by atoms with Crippen molar-refractivity contribution in [3.05, 3.63) is 35.1 Å². The van der Waals surface area contributed by atoms with Crippen LogP contribution in [0.25, 0.3) is 0 Å².